The third-order valence-electron chi connectivity index (χ3n) is 3.82. The number of ether oxygens (including phenoxy) is 2. The molecule has 0 atom stereocenters. The second-order valence-electron chi connectivity index (χ2n) is 5.96. The predicted octanol–water partition coefficient (Wildman–Crippen LogP) is 4.60. The van der Waals surface area contributed by atoms with Crippen LogP contribution in [-0.4, -0.2) is 24.4 Å². The molecular formula is C21H26N2O3. The molecule has 1 aromatic carbocycles. The van der Waals surface area contributed by atoms with Crippen LogP contribution in [0.3, 0.4) is 0 Å². The first-order valence-corrected chi connectivity index (χ1v) is 8.56. The molecule has 2 aromatic rings. The van der Waals surface area contributed by atoms with Crippen molar-refractivity contribution in [3.05, 3.63) is 65.0 Å². The first kappa shape index (κ1) is 19.5. The largest absolute Gasteiger partial charge is 0.490 e. The number of aryl methyl sites for hydroxylation is 2. The van der Waals surface area contributed by atoms with Gasteiger partial charge in [-0.05, 0) is 68.7 Å². The van der Waals surface area contributed by atoms with Crippen LogP contribution in [0, 0.1) is 13.8 Å². The van der Waals surface area contributed by atoms with Gasteiger partial charge in [-0.3, -0.25) is 4.98 Å². The van der Waals surface area contributed by atoms with E-state index in [4.69, 9.17) is 14.3 Å². The van der Waals surface area contributed by atoms with Gasteiger partial charge in [0.15, 0.2) is 0 Å². The Morgan fingerprint density at radius 1 is 1.15 bits per heavy atom. The summed E-state index contributed by atoms with van der Waals surface area (Å²) in [4.78, 5) is 9.11. The van der Waals surface area contributed by atoms with Gasteiger partial charge in [-0.2, -0.15) is 0 Å². The zero-order chi connectivity index (χ0) is 18.9. The summed E-state index contributed by atoms with van der Waals surface area (Å²) in [5, 5.41) is 3.92. The van der Waals surface area contributed by atoms with Gasteiger partial charge in [-0.15, -0.1) is 0 Å². The topological polar surface area (TPSA) is 52.9 Å². The quantitative estimate of drug-likeness (QED) is 0.395. The van der Waals surface area contributed by atoms with Gasteiger partial charge in [0.25, 0.3) is 0 Å². The van der Waals surface area contributed by atoms with E-state index in [9.17, 15) is 0 Å². The minimum absolute atomic E-state index is 0.455. The van der Waals surface area contributed by atoms with Gasteiger partial charge < -0.3 is 14.3 Å². The Morgan fingerprint density at radius 3 is 2.54 bits per heavy atom. The summed E-state index contributed by atoms with van der Waals surface area (Å²) in [7, 11) is 1.52. The summed E-state index contributed by atoms with van der Waals surface area (Å²) in [6.45, 7) is 8.91. The Kier molecular flexibility index (Phi) is 7.21. The van der Waals surface area contributed by atoms with Crippen LogP contribution < -0.4 is 9.47 Å². The van der Waals surface area contributed by atoms with Crippen molar-refractivity contribution < 1.29 is 14.3 Å². The monoisotopic (exact) mass is 354 g/mol. The molecular weight excluding hydrogens is 328 g/mol. The van der Waals surface area contributed by atoms with Crippen LogP contribution in [0.15, 0.2) is 47.8 Å². The van der Waals surface area contributed by atoms with E-state index in [-0.39, 0.29) is 0 Å². The molecule has 0 N–H and O–H groups in total. The van der Waals surface area contributed by atoms with Gasteiger partial charge in [0.05, 0.1) is 5.69 Å². The zero-order valence-corrected chi connectivity index (χ0v) is 16.1. The lowest BCUT2D eigenvalue weighted by Crippen LogP contribution is -2.04. The highest BCUT2D eigenvalue weighted by Crippen LogP contribution is 2.29. The molecule has 5 heteroatoms. The maximum atomic E-state index is 6.06. The number of allylic oxidation sites excluding steroid dienone is 1. The molecule has 138 valence electrons. The second kappa shape index (κ2) is 9.61. The van der Waals surface area contributed by atoms with Crippen LogP contribution in [0.4, 0.5) is 0 Å². The molecule has 1 heterocycles. The smallest absolute Gasteiger partial charge is 0.125 e. The van der Waals surface area contributed by atoms with Crippen LogP contribution in [0.25, 0.3) is 0 Å². The van der Waals surface area contributed by atoms with Crippen molar-refractivity contribution in [3.63, 3.8) is 0 Å². The molecule has 1 aromatic heterocycles. The number of aromatic nitrogens is 1. The standard InChI is InChI=1S/C21H26N2O3/c1-6-7-10-25-19-11-15(2)21(16(3)12-19)26-14-18-8-9-22-20(13-18)17(4)23-24-5/h6-9,11-13H,10,14H2,1-5H3/b7-6+,23-17-. The summed E-state index contributed by atoms with van der Waals surface area (Å²) in [5.74, 6) is 1.73. The summed E-state index contributed by atoms with van der Waals surface area (Å²) in [6, 6.07) is 7.89. The van der Waals surface area contributed by atoms with Gasteiger partial charge in [0, 0.05) is 6.20 Å². The average Bonchev–Trinajstić information content (AvgIpc) is 2.62. The number of rotatable bonds is 8. The first-order valence-electron chi connectivity index (χ1n) is 8.56. The van der Waals surface area contributed by atoms with E-state index in [2.05, 4.69) is 10.1 Å². The molecule has 0 spiro atoms. The number of hydrogen-bond acceptors (Lipinski definition) is 5. The van der Waals surface area contributed by atoms with Crippen molar-refractivity contribution >= 4 is 5.71 Å². The van der Waals surface area contributed by atoms with E-state index in [1.807, 2.05) is 64.1 Å². The van der Waals surface area contributed by atoms with Gasteiger partial charge in [0.2, 0.25) is 0 Å². The maximum Gasteiger partial charge on any atom is 0.125 e. The maximum absolute atomic E-state index is 6.06. The minimum atomic E-state index is 0.455. The molecule has 0 saturated carbocycles. The lowest BCUT2D eigenvalue weighted by atomic mass is 10.1. The molecule has 0 fully saturated rings. The molecule has 0 aliphatic heterocycles. The molecule has 5 nitrogen and oxygen atoms in total. The second-order valence-corrected chi connectivity index (χ2v) is 5.96. The van der Waals surface area contributed by atoms with Crippen LogP contribution in [-0.2, 0) is 11.4 Å². The van der Waals surface area contributed by atoms with Crippen molar-refractivity contribution in [2.45, 2.75) is 34.3 Å². The van der Waals surface area contributed by atoms with Crippen LogP contribution in [0.2, 0.25) is 0 Å². The lowest BCUT2D eigenvalue weighted by molar-refractivity contribution is 0.213. The molecule has 26 heavy (non-hydrogen) atoms. The number of hydrogen-bond donors (Lipinski definition) is 0. The Hall–Kier alpha value is -2.82. The summed E-state index contributed by atoms with van der Waals surface area (Å²) >= 11 is 0. The van der Waals surface area contributed by atoms with Gasteiger partial charge in [-0.25, -0.2) is 0 Å². The van der Waals surface area contributed by atoms with E-state index >= 15 is 0 Å². The van der Waals surface area contributed by atoms with Crippen molar-refractivity contribution in [2.75, 3.05) is 13.7 Å². The fraction of sp³-hybridized carbons (Fsp3) is 0.333. The highest BCUT2D eigenvalue weighted by Gasteiger charge is 2.09. The fourth-order valence-corrected chi connectivity index (χ4v) is 2.56. The Morgan fingerprint density at radius 2 is 1.88 bits per heavy atom. The SMILES string of the molecule is C/C=C/COc1cc(C)c(OCc2ccnc(/C(C)=N\OC)c2)c(C)c1. The molecule has 0 saturated heterocycles. The Bertz CT molecular complexity index is 775. The van der Waals surface area contributed by atoms with Crippen LogP contribution in [0.5, 0.6) is 11.5 Å². The highest BCUT2D eigenvalue weighted by molar-refractivity contribution is 5.96. The average molecular weight is 354 g/mol. The number of benzene rings is 1. The zero-order valence-electron chi connectivity index (χ0n) is 16.1. The van der Waals surface area contributed by atoms with E-state index in [0.717, 1.165) is 39.6 Å². The summed E-state index contributed by atoms with van der Waals surface area (Å²) < 4.78 is 11.8. The van der Waals surface area contributed by atoms with Crippen molar-refractivity contribution in [1.29, 1.82) is 0 Å². The lowest BCUT2D eigenvalue weighted by Gasteiger charge is -2.14. The van der Waals surface area contributed by atoms with Crippen molar-refractivity contribution in [3.8, 4) is 11.5 Å². The number of pyridine rings is 1. The van der Waals surface area contributed by atoms with E-state index in [1.54, 1.807) is 6.20 Å². The minimum Gasteiger partial charge on any atom is -0.490 e. The molecule has 0 aliphatic rings. The van der Waals surface area contributed by atoms with Crippen molar-refractivity contribution in [2.24, 2.45) is 5.16 Å². The highest BCUT2D eigenvalue weighted by atomic mass is 16.6. The van der Waals surface area contributed by atoms with Crippen LogP contribution in [0.1, 0.15) is 36.2 Å². The number of oxime groups is 1. The van der Waals surface area contributed by atoms with Crippen molar-refractivity contribution in [1.82, 2.24) is 4.98 Å². The number of nitrogens with zero attached hydrogens (tertiary/aromatic N) is 2. The van der Waals surface area contributed by atoms with E-state index in [1.165, 1.54) is 7.11 Å². The van der Waals surface area contributed by atoms with Gasteiger partial charge in [0.1, 0.15) is 37.5 Å². The Labute approximate surface area is 155 Å². The molecule has 0 bridgehead atoms. The molecule has 0 amide bonds. The fourth-order valence-electron chi connectivity index (χ4n) is 2.56. The predicted molar refractivity (Wildman–Crippen MR) is 104 cm³/mol. The van der Waals surface area contributed by atoms with Gasteiger partial charge in [-0.1, -0.05) is 17.3 Å². The molecule has 0 radical (unpaired) electrons. The van der Waals surface area contributed by atoms with Gasteiger partial charge >= 0.3 is 0 Å². The Balaban J connectivity index is 2.10. The van der Waals surface area contributed by atoms with E-state index in [0.29, 0.717) is 13.2 Å². The van der Waals surface area contributed by atoms with E-state index < -0.39 is 0 Å². The normalized spacial score (nSPS) is 11.7. The summed E-state index contributed by atoms with van der Waals surface area (Å²) in [5.41, 5.74) is 4.62. The summed E-state index contributed by atoms with van der Waals surface area (Å²) in [6.07, 6.45) is 5.70. The molecule has 2 rings (SSSR count). The third-order valence-corrected chi connectivity index (χ3v) is 3.82. The van der Waals surface area contributed by atoms with Crippen LogP contribution >= 0.6 is 0 Å². The third kappa shape index (κ3) is 5.34. The first-order chi connectivity index (χ1) is 12.5. The molecule has 0 unspecified atom stereocenters. The molecule has 0 aliphatic carbocycles.